The summed E-state index contributed by atoms with van der Waals surface area (Å²) in [6, 6.07) is 1.96. The maximum absolute atomic E-state index is 11.5. The number of nitrogens with one attached hydrogen (secondary N) is 1. The lowest BCUT2D eigenvalue weighted by Gasteiger charge is -2.06. The molecule has 4 heteroatoms. The molecule has 0 aliphatic carbocycles. The highest BCUT2D eigenvalue weighted by Crippen LogP contribution is 2.23. The van der Waals surface area contributed by atoms with Crippen molar-refractivity contribution in [2.24, 2.45) is 0 Å². The molecule has 0 spiro atoms. The van der Waals surface area contributed by atoms with Crippen LogP contribution in [0.15, 0.2) is 6.07 Å². The molecule has 0 bridgehead atoms. The van der Waals surface area contributed by atoms with Crippen molar-refractivity contribution >= 4 is 22.2 Å². The van der Waals surface area contributed by atoms with E-state index in [0.717, 1.165) is 4.88 Å². The summed E-state index contributed by atoms with van der Waals surface area (Å²) in [5.74, 6) is -0.0862. The number of anilines is 1. The van der Waals surface area contributed by atoms with Crippen molar-refractivity contribution in [3.05, 3.63) is 16.5 Å². The molecule has 0 saturated carbocycles. The van der Waals surface area contributed by atoms with Gasteiger partial charge in [0.1, 0.15) is 0 Å². The van der Waals surface area contributed by atoms with Gasteiger partial charge < -0.3 is 11.1 Å². The highest BCUT2D eigenvalue weighted by Gasteiger charge is 2.12. The van der Waals surface area contributed by atoms with Gasteiger partial charge in [-0.2, -0.15) is 0 Å². The number of carbonyl (C=O) groups is 1. The lowest BCUT2D eigenvalue weighted by atomic mass is 10.2. The molecule has 1 aromatic rings. The molecule has 1 aromatic heterocycles. The molecule has 0 radical (unpaired) electrons. The van der Waals surface area contributed by atoms with Gasteiger partial charge in [-0.15, -0.1) is 11.3 Å². The van der Waals surface area contributed by atoms with E-state index in [4.69, 9.17) is 5.73 Å². The van der Waals surface area contributed by atoms with Crippen LogP contribution < -0.4 is 11.1 Å². The first kappa shape index (κ1) is 10.1. The summed E-state index contributed by atoms with van der Waals surface area (Å²) in [4.78, 5) is 12.6. The number of hydrogen-bond donors (Lipinski definition) is 2. The summed E-state index contributed by atoms with van der Waals surface area (Å²) in [5, 5.41) is 3.39. The number of nitrogen functional groups attached to an aromatic ring is 1. The van der Waals surface area contributed by atoms with E-state index in [1.54, 1.807) is 0 Å². The minimum absolute atomic E-state index is 0.0862. The molecule has 72 valence electrons. The topological polar surface area (TPSA) is 55.1 Å². The first-order chi connectivity index (χ1) is 6.00. The van der Waals surface area contributed by atoms with E-state index < -0.39 is 0 Å². The molecule has 0 aliphatic heterocycles. The van der Waals surface area contributed by atoms with Gasteiger partial charge in [0.25, 0.3) is 5.91 Å². The number of nitrogens with two attached hydrogens (primary N) is 1. The van der Waals surface area contributed by atoms with Crippen LogP contribution in [0, 0.1) is 6.92 Å². The summed E-state index contributed by atoms with van der Waals surface area (Å²) < 4.78 is 0. The molecule has 3 nitrogen and oxygen atoms in total. The molecule has 1 heterocycles. The van der Waals surface area contributed by atoms with Crippen LogP contribution in [0.3, 0.4) is 0 Å². The van der Waals surface area contributed by atoms with Crippen LogP contribution in [0.5, 0.6) is 0 Å². The highest BCUT2D eigenvalue weighted by atomic mass is 32.1. The Bertz CT molecular complexity index is 317. The van der Waals surface area contributed by atoms with Gasteiger partial charge in [0, 0.05) is 10.9 Å². The van der Waals surface area contributed by atoms with Crippen molar-refractivity contribution in [2.45, 2.75) is 26.8 Å². The molecular formula is C9H14N2OS. The number of amides is 1. The second kappa shape index (κ2) is 3.79. The first-order valence-electron chi connectivity index (χ1n) is 4.17. The third kappa shape index (κ3) is 2.45. The fourth-order valence-corrected chi connectivity index (χ4v) is 1.83. The van der Waals surface area contributed by atoms with Crippen molar-refractivity contribution in [1.29, 1.82) is 0 Å². The van der Waals surface area contributed by atoms with Gasteiger partial charge in [-0.3, -0.25) is 4.79 Å². The van der Waals surface area contributed by atoms with Gasteiger partial charge in [-0.25, -0.2) is 0 Å². The Morgan fingerprint density at radius 3 is 2.62 bits per heavy atom. The van der Waals surface area contributed by atoms with Crippen LogP contribution in [-0.4, -0.2) is 11.9 Å². The second-order valence-electron chi connectivity index (χ2n) is 3.26. The summed E-state index contributed by atoms with van der Waals surface area (Å²) in [5.41, 5.74) is 6.27. The Hall–Kier alpha value is -1.03. The standard InChI is InChI=1S/C9H14N2OS/c1-5(2)11-9(12)7-4-6(3)13-8(7)10/h4-5H,10H2,1-3H3,(H,11,12). The Labute approximate surface area is 81.9 Å². The molecule has 0 aromatic carbocycles. The average molecular weight is 198 g/mol. The highest BCUT2D eigenvalue weighted by molar-refractivity contribution is 7.16. The zero-order chi connectivity index (χ0) is 10.0. The Kier molecular flexibility index (Phi) is 2.93. The van der Waals surface area contributed by atoms with Crippen LogP contribution in [0.4, 0.5) is 5.00 Å². The zero-order valence-corrected chi connectivity index (χ0v) is 8.87. The van der Waals surface area contributed by atoms with Crippen molar-refractivity contribution < 1.29 is 4.79 Å². The number of thiophene rings is 1. The Balaban J connectivity index is 2.82. The molecule has 1 rings (SSSR count). The molecule has 1 amide bonds. The van der Waals surface area contributed by atoms with Gasteiger partial charge in [0.2, 0.25) is 0 Å². The molecule has 13 heavy (non-hydrogen) atoms. The fourth-order valence-electron chi connectivity index (χ4n) is 1.05. The van der Waals surface area contributed by atoms with Gasteiger partial charge >= 0.3 is 0 Å². The number of rotatable bonds is 2. The summed E-state index contributed by atoms with van der Waals surface area (Å²) >= 11 is 1.44. The van der Waals surface area contributed by atoms with Crippen LogP contribution in [0.25, 0.3) is 0 Å². The average Bonchev–Trinajstić information content (AvgIpc) is 2.28. The van der Waals surface area contributed by atoms with E-state index >= 15 is 0 Å². The molecule has 0 unspecified atom stereocenters. The van der Waals surface area contributed by atoms with Gasteiger partial charge in [0.15, 0.2) is 0 Å². The van der Waals surface area contributed by atoms with Crippen LogP contribution in [0.2, 0.25) is 0 Å². The summed E-state index contributed by atoms with van der Waals surface area (Å²) in [7, 11) is 0. The molecule has 0 saturated heterocycles. The lowest BCUT2D eigenvalue weighted by molar-refractivity contribution is 0.0944. The predicted octanol–water partition coefficient (Wildman–Crippen LogP) is 1.78. The fraction of sp³-hybridized carbons (Fsp3) is 0.444. The predicted molar refractivity (Wildman–Crippen MR) is 56.1 cm³/mol. The van der Waals surface area contributed by atoms with E-state index in [1.807, 2.05) is 26.8 Å². The number of carbonyl (C=O) groups excluding carboxylic acids is 1. The van der Waals surface area contributed by atoms with E-state index in [2.05, 4.69) is 5.32 Å². The van der Waals surface area contributed by atoms with Crippen molar-refractivity contribution in [1.82, 2.24) is 5.32 Å². The van der Waals surface area contributed by atoms with E-state index in [0.29, 0.717) is 10.6 Å². The van der Waals surface area contributed by atoms with Gasteiger partial charge in [0.05, 0.1) is 10.6 Å². The minimum Gasteiger partial charge on any atom is -0.390 e. The van der Waals surface area contributed by atoms with Gasteiger partial charge in [-0.05, 0) is 26.8 Å². The normalized spacial score (nSPS) is 10.5. The van der Waals surface area contributed by atoms with E-state index in [-0.39, 0.29) is 11.9 Å². The third-order valence-corrected chi connectivity index (χ3v) is 2.43. The van der Waals surface area contributed by atoms with Crippen molar-refractivity contribution in [3.63, 3.8) is 0 Å². The second-order valence-corrected chi connectivity index (χ2v) is 4.55. The Morgan fingerprint density at radius 2 is 2.23 bits per heavy atom. The molecule has 0 aliphatic rings. The zero-order valence-electron chi connectivity index (χ0n) is 8.05. The number of aryl methyl sites for hydroxylation is 1. The maximum Gasteiger partial charge on any atom is 0.254 e. The van der Waals surface area contributed by atoms with Gasteiger partial charge in [-0.1, -0.05) is 0 Å². The quantitative estimate of drug-likeness (QED) is 0.761. The lowest BCUT2D eigenvalue weighted by Crippen LogP contribution is -2.30. The minimum atomic E-state index is -0.0862. The van der Waals surface area contributed by atoms with Crippen molar-refractivity contribution in [3.8, 4) is 0 Å². The first-order valence-corrected chi connectivity index (χ1v) is 4.99. The summed E-state index contributed by atoms with van der Waals surface area (Å²) in [6.07, 6.45) is 0. The summed E-state index contributed by atoms with van der Waals surface area (Å²) in [6.45, 7) is 5.79. The van der Waals surface area contributed by atoms with Crippen molar-refractivity contribution in [2.75, 3.05) is 5.73 Å². The smallest absolute Gasteiger partial charge is 0.254 e. The van der Waals surface area contributed by atoms with Crippen LogP contribution in [0.1, 0.15) is 29.1 Å². The molecule has 3 N–H and O–H groups in total. The molecule has 0 atom stereocenters. The van der Waals surface area contributed by atoms with Crippen LogP contribution in [-0.2, 0) is 0 Å². The van der Waals surface area contributed by atoms with E-state index in [1.165, 1.54) is 11.3 Å². The Morgan fingerprint density at radius 1 is 1.62 bits per heavy atom. The molecular weight excluding hydrogens is 184 g/mol. The van der Waals surface area contributed by atoms with E-state index in [9.17, 15) is 4.79 Å². The molecule has 0 fully saturated rings. The number of hydrogen-bond acceptors (Lipinski definition) is 3. The SMILES string of the molecule is Cc1cc(C(=O)NC(C)C)c(N)s1. The largest absolute Gasteiger partial charge is 0.390 e. The monoisotopic (exact) mass is 198 g/mol. The maximum atomic E-state index is 11.5. The third-order valence-electron chi connectivity index (χ3n) is 1.55. The van der Waals surface area contributed by atoms with Crippen LogP contribution >= 0.6 is 11.3 Å².